The summed E-state index contributed by atoms with van der Waals surface area (Å²) in [4.78, 5) is 15.6. The summed E-state index contributed by atoms with van der Waals surface area (Å²) in [5, 5.41) is 3.14. The molecule has 0 aliphatic carbocycles. The van der Waals surface area contributed by atoms with Crippen LogP contribution in [0.2, 0.25) is 0 Å². The lowest BCUT2D eigenvalue weighted by atomic mass is 10.3. The summed E-state index contributed by atoms with van der Waals surface area (Å²) in [6, 6.07) is 3.75. The van der Waals surface area contributed by atoms with Crippen molar-refractivity contribution >= 4 is 29.1 Å². The van der Waals surface area contributed by atoms with Gasteiger partial charge in [0.25, 0.3) is 0 Å². The molecule has 2 heterocycles. The van der Waals surface area contributed by atoms with Crippen LogP contribution < -0.4 is 0 Å². The fourth-order valence-electron chi connectivity index (χ4n) is 1.49. The topological polar surface area (TPSA) is 52.3 Å². The molecule has 0 spiro atoms. The van der Waals surface area contributed by atoms with Crippen molar-refractivity contribution in [3.63, 3.8) is 0 Å². The van der Waals surface area contributed by atoms with Gasteiger partial charge in [-0.2, -0.15) is 11.8 Å². The average molecular weight is 297 g/mol. The first-order chi connectivity index (χ1) is 9.19. The lowest BCUT2D eigenvalue weighted by Gasteiger charge is -2.07. The fourth-order valence-corrected chi connectivity index (χ4v) is 3.24. The van der Waals surface area contributed by atoms with E-state index in [4.69, 9.17) is 4.42 Å². The Kier molecular flexibility index (Phi) is 5.04. The summed E-state index contributed by atoms with van der Waals surface area (Å²) in [5.41, 5.74) is 1.01. The summed E-state index contributed by atoms with van der Waals surface area (Å²) < 4.78 is 9.95. The van der Waals surface area contributed by atoms with Crippen molar-refractivity contribution in [2.24, 2.45) is 0 Å². The van der Waals surface area contributed by atoms with Gasteiger partial charge in [-0.15, -0.1) is 11.3 Å². The van der Waals surface area contributed by atoms with Gasteiger partial charge < -0.3 is 9.15 Å². The highest BCUT2D eigenvalue weighted by Gasteiger charge is 2.12. The normalized spacial score (nSPS) is 12.3. The first-order valence-corrected chi connectivity index (χ1v) is 7.78. The van der Waals surface area contributed by atoms with Gasteiger partial charge in [-0.1, -0.05) is 6.92 Å². The molecule has 19 heavy (non-hydrogen) atoms. The van der Waals surface area contributed by atoms with Crippen molar-refractivity contribution in [1.82, 2.24) is 4.98 Å². The van der Waals surface area contributed by atoms with Gasteiger partial charge in [-0.05, 0) is 12.1 Å². The number of thioether (sulfide) groups is 1. The molecule has 2 aromatic heterocycles. The van der Waals surface area contributed by atoms with Crippen LogP contribution >= 0.6 is 23.1 Å². The Bertz CT molecular complexity index is 522. The van der Waals surface area contributed by atoms with E-state index in [2.05, 4.69) is 9.72 Å². The lowest BCUT2D eigenvalue weighted by molar-refractivity contribution is -0.140. The number of furan rings is 1. The Morgan fingerprint density at radius 3 is 3.16 bits per heavy atom. The molecule has 0 saturated heterocycles. The molecular formula is C13H15NO3S2. The number of carbonyl (C=O) groups is 1. The first kappa shape index (κ1) is 14.1. The zero-order chi connectivity index (χ0) is 13.7. The Morgan fingerprint density at radius 1 is 1.63 bits per heavy atom. The summed E-state index contributed by atoms with van der Waals surface area (Å²) in [6.07, 6.45) is 2.07. The number of carbonyl (C=O) groups excluding carboxylic acids is 1. The molecule has 0 aliphatic rings. The van der Waals surface area contributed by atoms with Crippen LogP contribution in [-0.4, -0.2) is 23.3 Å². The SMILES string of the molecule is COC(=O)CC(C)SCc1csc(-c2ccco2)n1. The summed E-state index contributed by atoms with van der Waals surface area (Å²) >= 11 is 3.26. The van der Waals surface area contributed by atoms with Crippen LogP contribution in [0.3, 0.4) is 0 Å². The summed E-state index contributed by atoms with van der Waals surface area (Å²) in [6.45, 7) is 2.02. The second-order valence-electron chi connectivity index (χ2n) is 4.02. The maximum atomic E-state index is 11.1. The molecule has 1 atom stereocenters. The highest BCUT2D eigenvalue weighted by atomic mass is 32.2. The molecule has 0 bridgehead atoms. The predicted octanol–water partition coefficient (Wildman–Crippen LogP) is 3.59. The Balaban J connectivity index is 1.85. The van der Waals surface area contributed by atoms with E-state index in [0.29, 0.717) is 6.42 Å². The van der Waals surface area contributed by atoms with Crippen molar-refractivity contribution in [3.05, 3.63) is 29.5 Å². The molecule has 0 saturated carbocycles. The van der Waals surface area contributed by atoms with Crippen LogP contribution in [0.15, 0.2) is 28.2 Å². The van der Waals surface area contributed by atoms with Crippen molar-refractivity contribution in [2.45, 2.75) is 24.3 Å². The molecule has 0 N–H and O–H groups in total. The number of thiazole rings is 1. The number of hydrogen-bond donors (Lipinski definition) is 0. The van der Waals surface area contributed by atoms with Crippen LogP contribution in [-0.2, 0) is 15.3 Å². The number of ether oxygens (including phenoxy) is 1. The van der Waals surface area contributed by atoms with Crippen molar-refractivity contribution in [1.29, 1.82) is 0 Å². The number of methoxy groups -OCH3 is 1. The minimum atomic E-state index is -0.172. The van der Waals surface area contributed by atoms with Crippen LogP contribution in [0, 0.1) is 0 Å². The van der Waals surface area contributed by atoms with Gasteiger partial charge in [0.05, 0.1) is 25.5 Å². The minimum Gasteiger partial charge on any atom is -0.469 e. The van der Waals surface area contributed by atoms with Crippen LogP contribution in [0.1, 0.15) is 19.0 Å². The average Bonchev–Trinajstić information content (AvgIpc) is 3.06. The van der Waals surface area contributed by atoms with Crippen molar-refractivity contribution in [2.75, 3.05) is 7.11 Å². The molecule has 0 radical (unpaired) electrons. The smallest absolute Gasteiger partial charge is 0.306 e. The van der Waals surface area contributed by atoms with Gasteiger partial charge in [0.15, 0.2) is 10.8 Å². The summed E-state index contributed by atoms with van der Waals surface area (Å²) in [7, 11) is 1.41. The number of aromatic nitrogens is 1. The molecule has 2 aromatic rings. The van der Waals surface area contributed by atoms with E-state index in [-0.39, 0.29) is 11.2 Å². The maximum Gasteiger partial charge on any atom is 0.306 e. The highest BCUT2D eigenvalue weighted by Crippen LogP contribution is 2.27. The number of rotatable bonds is 6. The molecule has 0 aliphatic heterocycles. The van der Waals surface area contributed by atoms with E-state index in [1.54, 1.807) is 29.4 Å². The van der Waals surface area contributed by atoms with Gasteiger partial charge in [-0.25, -0.2) is 4.98 Å². The van der Waals surface area contributed by atoms with Gasteiger partial charge in [0, 0.05) is 16.4 Å². The zero-order valence-electron chi connectivity index (χ0n) is 10.8. The van der Waals surface area contributed by atoms with Crippen LogP contribution in [0.5, 0.6) is 0 Å². The van der Waals surface area contributed by atoms with Gasteiger partial charge in [0.1, 0.15) is 0 Å². The van der Waals surface area contributed by atoms with E-state index in [0.717, 1.165) is 22.2 Å². The van der Waals surface area contributed by atoms with Gasteiger partial charge in [-0.3, -0.25) is 4.79 Å². The molecule has 4 nitrogen and oxygen atoms in total. The van der Waals surface area contributed by atoms with E-state index in [9.17, 15) is 4.79 Å². The molecule has 0 aromatic carbocycles. The van der Waals surface area contributed by atoms with Crippen molar-refractivity contribution in [3.8, 4) is 10.8 Å². The van der Waals surface area contributed by atoms with E-state index >= 15 is 0 Å². The van der Waals surface area contributed by atoms with Crippen molar-refractivity contribution < 1.29 is 13.9 Å². The van der Waals surface area contributed by atoms with Crippen LogP contribution in [0.4, 0.5) is 0 Å². The molecular weight excluding hydrogens is 282 g/mol. The Morgan fingerprint density at radius 2 is 2.47 bits per heavy atom. The Labute approximate surface area is 120 Å². The number of esters is 1. The maximum absolute atomic E-state index is 11.1. The fraction of sp³-hybridized carbons (Fsp3) is 0.385. The molecule has 102 valence electrons. The molecule has 6 heteroatoms. The van der Waals surface area contributed by atoms with Crippen LogP contribution in [0.25, 0.3) is 10.8 Å². The van der Waals surface area contributed by atoms with E-state index in [1.165, 1.54) is 7.11 Å². The Hall–Kier alpha value is -1.27. The predicted molar refractivity (Wildman–Crippen MR) is 77.2 cm³/mol. The number of nitrogens with zero attached hydrogens (tertiary/aromatic N) is 1. The third kappa shape index (κ3) is 4.11. The second kappa shape index (κ2) is 6.77. The third-order valence-electron chi connectivity index (χ3n) is 2.48. The number of hydrogen-bond acceptors (Lipinski definition) is 6. The lowest BCUT2D eigenvalue weighted by Crippen LogP contribution is -2.08. The minimum absolute atomic E-state index is 0.172. The summed E-state index contributed by atoms with van der Waals surface area (Å²) in [5.74, 6) is 1.41. The standard InChI is InChI=1S/C13H15NO3S2/c1-9(6-12(15)16-2)18-7-10-8-19-13(14-10)11-4-3-5-17-11/h3-5,8-9H,6-7H2,1-2H3. The van der Waals surface area contributed by atoms with E-state index < -0.39 is 0 Å². The molecule has 0 fully saturated rings. The highest BCUT2D eigenvalue weighted by molar-refractivity contribution is 7.99. The first-order valence-electron chi connectivity index (χ1n) is 5.85. The third-order valence-corrected chi connectivity index (χ3v) is 4.59. The molecule has 0 amide bonds. The van der Waals surface area contributed by atoms with Gasteiger partial charge in [0.2, 0.25) is 0 Å². The largest absolute Gasteiger partial charge is 0.469 e. The monoisotopic (exact) mass is 297 g/mol. The zero-order valence-corrected chi connectivity index (χ0v) is 12.4. The van der Waals surface area contributed by atoms with Gasteiger partial charge >= 0.3 is 5.97 Å². The molecule has 1 unspecified atom stereocenters. The molecule has 2 rings (SSSR count). The van der Waals surface area contributed by atoms with E-state index in [1.807, 2.05) is 24.4 Å². The second-order valence-corrected chi connectivity index (χ2v) is 6.31. The quantitative estimate of drug-likeness (QED) is 0.763.